The number of nitrogens with zero attached hydrogens (tertiary/aromatic N) is 4. The Kier molecular flexibility index (Phi) is 8.06. The Morgan fingerprint density at radius 1 is 0.394 bits per heavy atom. The van der Waals surface area contributed by atoms with Crippen LogP contribution in [0.5, 0.6) is 0 Å². The Morgan fingerprint density at radius 3 is 1.14 bits per heavy atom. The van der Waals surface area contributed by atoms with Gasteiger partial charge >= 0.3 is 0 Å². The Morgan fingerprint density at radius 2 is 0.742 bits per heavy atom. The molecule has 10 aromatic rings. The molecular weight excluding hydrogens is 801 g/mol. The van der Waals surface area contributed by atoms with Crippen molar-refractivity contribution in [3.63, 3.8) is 0 Å². The number of imidazole rings is 2. The molecule has 0 unspecified atom stereocenters. The van der Waals surface area contributed by atoms with E-state index in [-0.39, 0.29) is 32.5 Å². The maximum absolute atomic E-state index is 8.44. The Hall–Kier alpha value is -6.26. The minimum atomic E-state index is -2.24. The van der Waals surface area contributed by atoms with E-state index in [4.69, 9.17) is 14.1 Å². The molecular formula is C62H64N4. The monoisotopic (exact) mass is 868 g/mol. The maximum atomic E-state index is 8.44. The first-order chi connectivity index (χ1) is 32.4. The molecule has 6 heterocycles. The molecule has 0 atom stereocenters. The van der Waals surface area contributed by atoms with Crippen LogP contribution in [0, 0.1) is 24.6 Å². The number of benzene rings is 6. The van der Waals surface area contributed by atoms with Crippen molar-refractivity contribution in [2.75, 3.05) is 0 Å². The van der Waals surface area contributed by atoms with Crippen molar-refractivity contribution in [1.29, 1.82) is 0 Å². The number of rotatable bonds is 2. The molecule has 0 saturated heterocycles. The quantitative estimate of drug-likeness (QED) is 0.162. The van der Waals surface area contributed by atoms with E-state index in [0.29, 0.717) is 5.56 Å². The van der Waals surface area contributed by atoms with Crippen LogP contribution in [0.25, 0.3) is 77.2 Å². The fraction of sp³-hybridized carbons (Fsp3) is 0.323. The average molecular weight is 868 g/mol. The van der Waals surface area contributed by atoms with Gasteiger partial charge in [-0.3, -0.25) is 8.80 Å². The predicted octanol–water partition coefficient (Wildman–Crippen LogP) is 16.4. The van der Waals surface area contributed by atoms with Crippen molar-refractivity contribution in [3.05, 3.63) is 167 Å². The van der Waals surface area contributed by atoms with E-state index in [1.807, 2.05) is 24.3 Å². The third kappa shape index (κ3) is 5.16. The molecule has 0 N–H and O–H groups in total. The number of fused-ring (bicyclic) bond motifs is 6. The van der Waals surface area contributed by atoms with E-state index in [9.17, 15) is 0 Å². The Labute approximate surface area is 395 Å². The maximum Gasteiger partial charge on any atom is 0.146 e. The molecule has 66 heavy (non-hydrogen) atoms. The van der Waals surface area contributed by atoms with Crippen LogP contribution < -0.4 is 0 Å². The number of pyridine rings is 2. The van der Waals surface area contributed by atoms with E-state index in [1.54, 1.807) is 0 Å². The van der Waals surface area contributed by atoms with Crippen LogP contribution in [0.1, 0.15) is 121 Å². The molecule has 0 saturated carbocycles. The van der Waals surface area contributed by atoms with E-state index < -0.39 is 6.85 Å². The highest BCUT2D eigenvalue weighted by atomic mass is 15.1. The van der Waals surface area contributed by atoms with Gasteiger partial charge in [0.2, 0.25) is 0 Å². The minimum Gasteiger partial charge on any atom is -0.295 e. The van der Waals surface area contributed by atoms with Crippen LogP contribution in [0.4, 0.5) is 0 Å². The van der Waals surface area contributed by atoms with Gasteiger partial charge in [-0.2, -0.15) is 0 Å². The molecule has 4 nitrogen and oxygen atoms in total. The topological polar surface area (TPSA) is 34.6 Å². The molecule has 0 spiro atoms. The molecule has 4 aromatic heterocycles. The van der Waals surface area contributed by atoms with Crippen molar-refractivity contribution >= 4 is 54.6 Å². The van der Waals surface area contributed by atoms with Gasteiger partial charge in [-0.25, -0.2) is 9.97 Å². The molecule has 12 rings (SSSR count). The zero-order chi connectivity index (χ0) is 49.2. The van der Waals surface area contributed by atoms with Crippen LogP contribution in [0.2, 0.25) is 0 Å². The van der Waals surface area contributed by atoms with E-state index in [2.05, 4.69) is 208 Å². The zero-order valence-corrected chi connectivity index (χ0v) is 41.0. The highest BCUT2D eigenvalue weighted by Gasteiger charge is 2.56. The van der Waals surface area contributed by atoms with Gasteiger partial charge in [0.05, 0.1) is 33.8 Å². The lowest BCUT2D eigenvalue weighted by Crippen LogP contribution is -2.49. The Bertz CT molecular complexity index is 3770. The summed E-state index contributed by atoms with van der Waals surface area (Å²) in [5.41, 5.74) is 14.4. The molecule has 0 fully saturated rings. The van der Waals surface area contributed by atoms with Crippen molar-refractivity contribution in [3.8, 4) is 22.5 Å². The lowest BCUT2D eigenvalue weighted by Gasteiger charge is -2.51. The lowest BCUT2D eigenvalue weighted by molar-refractivity contribution is 0.0928. The smallest absolute Gasteiger partial charge is 0.146 e. The van der Waals surface area contributed by atoms with Gasteiger partial charge in [0.25, 0.3) is 0 Å². The number of aryl methyl sites for hydroxylation is 2. The normalized spacial score (nSPS) is 19.1. The molecule has 0 radical (unpaired) electrons. The fourth-order valence-corrected chi connectivity index (χ4v) is 12.4. The summed E-state index contributed by atoms with van der Waals surface area (Å²) in [6.07, 6.45) is 0. The molecule has 0 bridgehead atoms. The van der Waals surface area contributed by atoms with E-state index >= 15 is 0 Å². The van der Waals surface area contributed by atoms with Gasteiger partial charge in [-0.05, 0) is 68.5 Å². The summed E-state index contributed by atoms with van der Waals surface area (Å²) in [5.74, 6) is 0. The van der Waals surface area contributed by atoms with Crippen LogP contribution >= 0.6 is 0 Å². The van der Waals surface area contributed by atoms with E-state index in [1.165, 1.54) is 44.1 Å². The van der Waals surface area contributed by atoms with Gasteiger partial charge in [0, 0.05) is 47.6 Å². The fourth-order valence-electron chi connectivity index (χ4n) is 12.4. The summed E-state index contributed by atoms with van der Waals surface area (Å²) >= 11 is 0. The first-order valence-electron chi connectivity index (χ1n) is 25.3. The van der Waals surface area contributed by atoms with Crippen LogP contribution in [-0.2, 0) is 21.7 Å². The highest BCUT2D eigenvalue weighted by Crippen LogP contribution is 2.61. The average Bonchev–Trinajstić information content (AvgIpc) is 3.92. The standard InChI is InChI=1S/2C31H32N2/c2*1-19-17-18-23-26-24(19)21-15-11-12-16-22(21)28-32-25(20-13-9-8-10-14-20)27(33(26)28)30(4,5)31(6,7)29(23,2)3/h2*8-18H,1-7H3/i1D3;. The van der Waals surface area contributed by atoms with Gasteiger partial charge in [-0.1, -0.05) is 217 Å². The van der Waals surface area contributed by atoms with Crippen molar-refractivity contribution in [2.45, 2.75) is 119 Å². The second kappa shape index (κ2) is 13.7. The van der Waals surface area contributed by atoms with Crippen molar-refractivity contribution < 1.29 is 4.11 Å². The van der Waals surface area contributed by atoms with Gasteiger partial charge in [-0.15, -0.1) is 0 Å². The Balaban J connectivity index is 0.000000151. The van der Waals surface area contributed by atoms with Crippen molar-refractivity contribution in [1.82, 2.24) is 18.8 Å². The number of aromatic nitrogens is 4. The summed E-state index contributed by atoms with van der Waals surface area (Å²) in [4.78, 5) is 10.7. The third-order valence-electron chi connectivity index (χ3n) is 18.5. The number of hydrogen-bond acceptors (Lipinski definition) is 2. The molecule has 0 aliphatic carbocycles. The van der Waals surface area contributed by atoms with Gasteiger partial charge < -0.3 is 0 Å². The first kappa shape index (κ1) is 39.0. The zero-order valence-electron chi connectivity index (χ0n) is 44.0. The summed E-state index contributed by atoms with van der Waals surface area (Å²) in [5, 5.41) is 6.61. The van der Waals surface area contributed by atoms with Gasteiger partial charge in [0.1, 0.15) is 11.3 Å². The molecule has 2 aliphatic heterocycles. The molecule has 6 aromatic carbocycles. The lowest BCUT2D eigenvalue weighted by atomic mass is 9.52. The third-order valence-corrected chi connectivity index (χ3v) is 18.5. The van der Waals surface area contributed by atoms with Crippen LogP contribution in [-0.4, -0.2) is 18.8 Å². The predicted molar refractivity (Wildman–Crippen MR) is 280 cm³/mol. The molecule has 0 amide bonds. The molecule has 4 heteroatoms. The number of hydrogen-bond donors (Lipinski definition) is 0. The summed E-state index contributed by atoms with van der Waals surface area (Å²) in [6, 6.07) is 46.7. The van der Waals surface area contributed by atoms with Crippen LogP contribution in [0.15, 0.2) is 133 Å². The van der Waals surface area contributed by atoms with Gasteiger partial charge in [0.15, 0.2) is 0 Å². The summed E-state index contributed by atoms with van der Waals surface area (Å²) < 4.78 is 30.1. The minimum absolute atomic E-state index is 0.0348. The van der Waals surface area contributed by atoms with E-state index in [0.717, 1.165) is 61.2 Å². The first-order valence-corrected chi connectivity index (χ1v) is 23.8. The second-order valence-electron chi connectivity index (χ2n) is 22.5. The highest BCUT2D eigenvalue weighted by molar-refractivity contribution is 6.16. The summed E-state index contributed by atoms with van der Waals surface area (Å²) in [6.45, 7) is 28.6. The largest absolute Gasteiger partial charge is 0.295 e. The van der Waals surface area contributed by atoms with Crippen molar-refractivity contribution in [2.24, 2.45) is 10.8 Å². The molecule has 2 aliphatic rings. The second-order valence-corrected chi connectivity index (χ2v) is 22.5. The SMILES string of the molecule is Cc1ccc2c3c1c1ccccc1c1nc(-c4ccccc4)c(n13)C(C)(C)C(C)(C)C2(C)C.[2H]C([2H])([2H])c1ccc2c3c1c1ccccc1c1nc(-c4ccccc4)c(n13)C(C)(C)C(C)(C)C2(C)C. The summed E-state index contributed by atoms with van der Waals surface area (Å²) in [7, 11) is 0. The molecule has 332 valence electrons. The van der Waals surface area contributed by atoms with Crippen LogP contribution in [0.3, 0.4) is 0 Å².